The van der Waals surface area contributed by atoms with Crippen LogP contribution in [-0.4, -0.2) is 79.0 Å². The Morgan fingerprint density at radius 3 is 2.28 bits per heavy atom. The quantitative estimate of drug-likeness (QED) is 0.645. The Labute approximate surface area is 189 Å². The van der Waals surface area contributed by atoms with Crippen LogP contribution < -0.4 is 0 Å². The highest BCUT2D eigenvalue weighted by Crippen LogP contribution is 2.27. The van der Waals surface area contributed by atoms with Crippen molar-refractivity contribution >= 4 is 20.8 Å². The van der Waals surface area contributed by atoms with Gasteiger partial charge in [0.15, 0.2) is 0 Å². The van der Waals surface area contributed by atoms with E-state index in [9.17, 15) is 13.5 Å². The molecule has 0 saturated carbocycles. The molecule has 1 N–H and O–H groups in total. The number of nitrogens with zero attached hydrogens (tertiary/aromatic N) is 3. The molecule has 0 radical (unpaired) electrons. The molecule has 5 rings (SSSR count). The molecule has 2 fully saturated rings. The second-order valence-corrected chi connectivity index (χ2v) is 10.6. The third kappa shape index (κ3) is 4.19. The SMILES string of the molecule is O=S(=O)(c1cccc2ccccc12)N1CCN([C@@H]2CN(Cc3ccccc3)CC2O)CC1. The van der Waals surface area contributed by atoms with E-state index in [1.807, 2.05) is 54.6 Å². The Hall–Kier alpha value is -2.29. The van der Waals surface area contributed by atoms with Gasteiger partial charge in [0.1, 0.15) is 0 Å². The van der Waals surface area contributed by atoms with Crippen LogP contribution in [0.2, 0.25) is 0 Å². The van der Waals surface area contributed by atoms with Crippen molar-refractivity contribution < 1.29 is 13.5 Å². The summed E-state index contributed by atoms with van der Waals surface area (Å²) in [7, 11) is -3.57. The molecule has 2 aliphatic heterocycles. The van der Waals surface area contributed by atoms with Crippen molar-refractivity contribution in [2.45, 2.75) is 23.6 Å². The lowest BCUT2D eigenvalue weighted by Gasteiger charge is -2.38. The molecule has 0 aromatic heterocycles. The zero-order valence-electron chi connectivity index (χ0n) is 18.0. The molecule has 0 bridgehead atoms. The molecule has 2 aliphatic rings. The van der Waals surface area contributed by atoms with Gasteiger partial charge in [-0.3, -0.25) is 9.80 Å². The summed E-state index contributed by atoms with van der Waals surface area (Å²) in [6.45, 7) is 4.40. The van der Waals surface area contributed by atoms with E-state index in [0.29, 0.717) is 37.6 Å². The lowest BCUT2D eigenvalue weighted by Crippen LogP contribution is -2.54. The van der Waals surface area contributed by atoms with Gasteiger partial charge in [0.2, 0.25) is 10.0 Å². The van der Waals surface area contributed by atoms with E-state index in [4.69, 9.17) is 0 Å². The van der Waals surface area contributed by atoms with Crippen molar-refractivity contribution in [3.8, 4) is 0 Å². The highest BCUT2D eigenvalue weighted by Gasteiger charge is 2.38. The number of sulfonamides is 1. The molecule has 2 atom stereocenters. The molecule has 0 spiro atoms. The van der Waals surface area contributed by atoms with Crippen molar-refractivity contribution in [3.05, 3.63) is 78.4 Å². The summed E-state index contributed by atoms with van der Waals surface area (Å²) in [5, 5.41) is 12.4. The zero-order chi connectivity index (χ0) is 22.1. The van der Waals surface area contributed by atoms with Crippen LogP contribution >= 0.6 is 0 Å². The van der Waals surface area contributed by atoms with Gasteiger partial charge in [-0.2, -0.15) is 4.31 Å². The van der Waals surface area contributed by atoms with Gasteiger partial charge in [0.25, 0.3) is 0 Å². The lowest BCUT2D eigenvalue weighted by molar-refractivity contribution is 0.0618. The van der Waals surface area contributed by atoms with Crippen LogP contribution in [0.3, 0.4) is 0 Å². The number of aliphatic hydroxyl groups excluding tert-OH is 1. The van der Waals surface area contributed by atoms with E-state index in [1.54, 1.807) is 10.4 Å². The maximum atomic E-state index is 13.4. The van der Waals surface area contributed by atoms with Crippen LogP contribution in [0.15, 0.2) is 77.7 Å². The molecular formula is C25H29N3O3S. The molecule has 3 aromatic carbocycles. The molecule has 2 heterocycles. The topological polar surface area (TPSA) is 64.1 Å². The number of benzene rings is 3. The average molecular weight is 452 g/mol. The van der Waals surface area contributed by atoms with Crippen molar-refractivity contribution in [2.24, 2.45) is 0 Å². The standard InChI is InChI=1S/C25H29N3O3S/c29-24-19-26(17-20-7-2-1-3-8-20)18-23(24)27-13-15-28(16-14-27)32(30,31)25-12-6-10-21-9-4-5-11-22(21)25/h1-12,23-24,29H,13-19H2/t23-,24?/m1/s1. The summed E-state index contributed by atoms with van der Waals surface area (Å²) in [4.78, 5) is 4.91. The molecule has 0 aliphatic carbocycles. The van der Waals surface area contributed by atoms with Gasteiger partial charge >= 0.3 is 0 Å². The summed E-state index contributed by atoms with van der Waals surface area (Å²) in [6.07, 6.45) is -0.417. The number of fused-ring (bicyclic) bond motifs is 1. The molecule has 168 valence electrons. The predicted octanol–water partition coefficient (Wildman–Crippen LogP) is 2.39. The van der Waals surface area contributed by atoms with E-state index < -0.39 is 16.1 Å². The number of likely N-dealkylation sites (tertiary alicyclic amines) is 1. The van der Waals surface area contributed by atoms with Crippen molar-refractivity contribution in [1.29, 1.82) is 0 Å². The lowest BCUT2D eigenvalue weighted by atomic mass is 10.1. The van der Waals surface area contributed by atoms with E-state index >= 15 is 0 Å². The highest BCUT2D eigenvalue weighted by molar-refractivity contribution is 7.89. The first-order valence-electron chi connectivity index (χ1n) is 11.2. The molecule has 3 aromatic rings. The summed E-state index contributed by atoms with van der Waals surface area (Å²) in [6, 6.07) is 23.4. The van der Waals surface area contributed by atoms with E-state index in [1.165, 1.54) is 5.56 Å². The summed E-state index contributed by atoms with van der Waals surface area (Å²) in [5.74, 6) is 0. The fourth-order valence-corrected chi connectivity index (χ4v) is 6.65. The maximum absolute atomic E-state index is 13.4. The Kier molecular flexibility index (Phi) is 6.01. The minimum Gasteiger partial charge on any atom is -0.390 e. The number of aliphatic hydroxyl groups is 1. The number of piperazine rings is 1. The summed E-state index contributed by atoms with van der Waals surface area (Å²) >= 11 is 0. The zero-order valence-corrected chi connectivity index (χ0v) is 18.9. The third-order valence-corrected chi connectivity index (χ3v) is 8.65. The van der Waals surface area contributed by atoms with Crippen LogP contribution in [0, 0.1) is 0 Å². The van der Waals surface area contributed by atoms with Crippen LogP contribution in [0.1, 0.15) is 5.56 Å². The third-order valence-electron chi connectivity index (χ3n) is 6.69. The van der Waals surface area contributed by atoms with Gasteiger partial charge in [0.05, 0.1) is 11.0 Å². The van der Waals surface area contributed by atoms with Gasteiger partial charge in [0, 0.05) is 57.2 Å². The van der Waals surface area contributed by atoms with Gasteiger partial charge in [-0.05, 0) is 17.0 Å². The van der Waals surface area contributed by atoms with Gasteiger partial charge in [-0.25, -0.2) is 8.42 Å². The Bertz CT molecular complexity index is 1170. The second-order valence-electron chi connectivity index (χ2n) is 8.73. The van der Waals surface area contributed by atoms with E-state index in [-0.39, 0.29) is 6.04 Å². The first-order chi connectivity index (χ1) is 15.5. The molecule has 32 heavy (non-hydrogen) atoms. The van der Waals surface area contributed by atoms with Crippen molar-refractivity contribution in [3.63, 3.8) is 0 Å². The molecule has 1 unspecified atom stereocenters. The van der Waals surface area contributed by atoms with Crippen LogP contribution in [0.4, 0.5) is 0 Å². The van der Waals surface area contributed by atoms with Crippen LogP contribution in [-0.2, 0) is 16.6 Å². The fourth-order valence-electron chi connectivity index (χ4n) is 5.01. The van der Waals surface area contributed by atoms with Gasteiger partial charge < -0.3 is 5.11 Å². The first kappa shape index (κ1) is 21.6. The van der Waals surface area contributed by atoms with Gasteiger partial charge in [-0.1, -0.05) is 66.7 Å². The molecular weight excluding hydrogens is 422 g/mol. The number of rotatable bonds is 5. The predicted molar refractivity (Wildman–Crippen MR) is 126 cm³/mol. The maximum Gasteiger partial charge on any atom is 0.243 e. The minimum atomic E-state index is -3.57. The number of hydrogen-bond acceptors (Lipinski definition) is 5. The van der Waals surface area contributed by atoms with Crippen LogP contribution in [0.5, 0.6) is 0 Å². The Morgan fingerprint density at radius 1 is 0.812 bits per heavy atom. The molecule has 7 heteroatoms. The highest BCUT2D eigenvalue weighted by atomic mass is 32.2. The first-order valence-corrected chi connectivity index (χ1v) is 12.6. The van der Waals surface area contributed by atoms with Crippen LogP contribution in [0.25, 0.3) is 10.8 Å². The monoisotopic (exact) mass is 451 g/mol. The summed E-state index contributed by atoms with van der Waals surface area (Å²) < 4.78 is 28.4. The van der Waals surface area contributed by atoms with E-state index in [0.717, 1.165) is 23.9 Å². The molecule has 6 nitrogen and oxygen atoms in total. The number of β-amino-alcohol motifs (C(OH)–C–C–N with tert-alkyl or cyclic N) is 1. The Morgan fingerprint density at radius 2 is 1.50 bits per heavy atom. The number of hydrogen-bond donors (Lipinski definition) is 1. The van der Waals surface area contributed by atoms with E-state index in [2.05, 4.69) is 21.9 Å². The molecule has 2 saturated heterocycles. The average Bonchev–Trinajstić information content (AvgIpc) is 3.19. The fraction of sp³-hybridized carbons (Fsp3) is 0.360. The summed E-state index contributed by atoms with van der Waals surface area (Å²) in [5.41, 5.74) is 1.24. The van der Waals surface area contributed by atoms with Crippen molar-refractivity contribution in [2.75, 3.05) is 39.3 Å². The van der Waals surface area contributed by atoms with Gasteiger partial charge in [-0.15, -0.1) is 0 Å². The molecule has 0 amide bonds. The smallest absolute Gasteiger partial charge is 0.243 e. The minimum absolute atomic E-state index is 0.0427. The van der Waals surface area contributed by atoms with Crippen molar-refractivity contribution in [1.82, 2.24) is 14.1 Å². The second kappa shape index (κ2) is 8.92. The Balaban J connectivity index is 1.25. The largest absolute Gasteiger partial charge is 0.390 e. The normalized spacial score (nSPS) is 23.7.